The normalized spacial score (nSPS) is 11.0. The predicted molar refractivity (Wildman–Crippen MR) is 101 cm³/mol. The summed E-state index contributed by atoms with van der Waals surface area (Å²) in [5.41, 5.74) is 1.22. The first-order valence-corrected chi connectivity index (χ1v) is 9.51. The molecule has 0 aliphatic rings. The zero-order valence-electron chi connectivity index (χ0n) is 14.7. The molecule has 0 saturated heterocycles. The molecule has 0 atom stereocenters. The van der Waals surface area contributed by atoms with Gasteiger partial charge in [-0.1, -0.05) is 48.5 Å². The van der Waals surface area contributed by atoms with Crippen LogP contribution in [0.5, 0.6) is 0 Å². The molecule has 2 amide bonds. The van der Waals surface area contributed by atoms with Crippen LogP contribution in [0.2, 0.25) is 0 Å². The predicted octanol–water partition coefficient (Wildman–Crippen LogP) is 2.67. The maximum Gasteiger partial charge on any atom is 0.335 e. The lowest BCUT2D eigenvalue weighted by Gasteiger charge is -2.12. The van der Waals surface area contributed by atoms with E-state index in [1.54, 1.807) is 44.2 Å². The van der Waals surface area contributed by atoms with Gasteiger partial charge in [0, 0.05) is 5.56 Å². The van der Waals surface area contributed by atoms with Gasteiger partial charge in [-0.05, 0) is 25.5 Å². The molecule has 0 aliphatic heterocycles. The molecule has 0 saturated carbocycles. The number of anilines is 1. The fourth-order valence-corrected chi connectivity index (χ4v) is 3.67. The first-order chi connectivity index (χ1) is 12.8. The average Bonchev–Trinajstić information content (AvgIpc) is 2.61. The molecule has 0 spiro atoms. The summed E-state index contributed by atoms with van der Waals surface area (Å²) in [6.07, 6.45) is 0. The topological polar surface area (TPSA) is 114 Å². The van der Waals surface area contributed by atoms with Gasteiger partial charge in [-0.25, -0.2) is 22.9 Å². The van der Waals surface area contributed by atoms with Crippen molar-refractivity contribution < 1.29 is 13.2 Å². The molecule has 2 aromatic carbocycles. The van der Waals surface area contributed by atoms with Crippen LogP contribution in [0.25, 0.3) is 11.1 Å². The van der Waals surface area contributed by atoms with E-state index in [9.17, 15) is 13.2 Å². The highest BCUT2D eigenvalue weighted by Gasteiger charge is 2.22. The quantitative estimate of drug-likeness (QED) is 0.716. The third-order valence-electron chi connectivity index (χ3n) is 3.57. The molecule has 8 nitrogen and oxygen atoms in total. The van der Waals surface area contributed by atoms with Crippen LogP contribution in [0.4, 0.5) is 10.7 Å². The highest BCUT2D eigenvalue weighted by molar-refractivity contribution is 7.90. The number of hydrogen-bond donors (Lipinski definition) is 2. The lowest BCUT2D eigenvalue weighted by atomic mass is 10.1. The molecule has 3 rings (SSSR count). The van der Waals surface area contributed by atoms with Crippen LogP contribution in [0.15, 0.2) is 59.5 Å². The first kappa shape index (κ1) is 18.5. The molecule has 3 aromatic rings. The molecule has 0 bridgehead atoms. The molecule has 0 unspecified atom stereocenters. The maximum absolute atomic E-state index is 12.7. The Hall–Kier alpha value is -3.33. The summed E-state index contributed by atoms with van der Waals surface area (Å²) >= 11 is 0. The van der Waals surface area contributed by atoms with Gasteiger partial charge in [0.25, 0.3) is 10.0 Å². The fourth-order valence-electron chi connectivity index (χ4n) is 2.53. The van der Waals surface area contributed by atoms with E-state index in [1.165, 1.54) is 6.07 Å². The standard InChI is InChI=1S/C18H17N5O3S/c1-12-19-13(2)21-17(20-12)22-18(24)23-27(25,26)16-11-7-6-10-15(16)14-8-4-3-5-9-14/h3-11H,1-2H3,(H2,19,20,21,22,23,24). The van der Waals surface area contributed by atoms with Gasteiger partial charge in [-0.3, -0.25) is 5.32 Å². The monoisotopic (exact) mass is 383 g/mol. The first-order valence-electron chi connectivity index (χ1n) is 8.03. The van der Waals surface area contributed by atoms with E-state index in [0.29, 0.717) is 17.2 Å². The van der Waals surface area contributed by atoms with Crippen molar-refractivity contribution in [3.05, 3.63) is 66.2 Å². The van der Waals surface area contributed by atoms with E-state index in [1.807, 2.05) is 22.9 Å². The van der Waals surface area contributed by atoms with Crippen molar-refractivity contribution in [3.63, 3.8) is 0 Å². The Kier molecular flexibility index (Phi) is 5.13. The summed E-state index contributed by atoms with van der Waals surface area (Å²) in [6, 6.07) is 14.5. The number of aromatic nitrogens is 3. The second-order valence-electron chi connectivity index (χ2n) is 5.68. The fraction of sp³-hybridized carbons (Fsp3) is 0.111. The highest BCUT2D eigenvalue weighted by atomic mass is 32.2. The van der Waals surface area contributed by atoms with Gasteiger partial charge in [-0.2, -0.15) is 9.97 Å². The van der Waals surface area contributed by atoms with Gasteiger partial charge in [0.15, 0.2) is 0 Å². The molecular weight excluding hydrogens is 366 g/mol. The third kappa shape index (κ3) is 4.45. The Balaban J connectivity index is 1.86. The van der Waals surface area contributed by atoms with Crippen molar-refractivity contribution in [2.75, 3.05) is 5.32 Å². The Bertz CT molecular complexity index is 1060. The Morgan fingerprint density at radius 3 is 2.11 bits per heavy atom. The number of sulfonamides is 1. The Labute approximate surface area is 156 Å². The maximum atomic E-state index is 12.7. The van der Waals surface area contributed by atoms with E-state index >= 15 is 0 Å². The number of rotatable bonds is 4. The van der Waals surface area contributed by atoms with Crippen LogP contribution >= 0.6 is 0 Å². The second-order valence-corrected chi connectivity index (χ2v) is 7.33. The second kappa shape index (κ2) is 7.50. The largest absolute Gasteiger partial charge is 0.335 e. The number of carbonyl (C=O) groups is 1. The van der Waals surface area contributed by atoms with Crippen LogP contribution < -0.4 is 10.0 Å². The summed E-state index contributed by atoms with van der Waals surface area (Å²) in [6.45, 7) is 3.29. The van der Waals surface area contributed by atoms with Gasteiger partial charge in [0.05, 0.1) is 4.90 Å². The number of nitrogens with one attached hydrogen (secondary N) is 2. The van der Waals surface area contributed by atoms with E-state index in [0.717, 1.165) is 5.56 Å². The summed E-state index contributed by atoms with van der Waals surface area (Å²) < 4.78 is 27.5. The third-order valence-corrected chi connectivity index (χ3v) is 4.96. The van der Waals surface area contributed by atoms with Crippen LogP contribution in [0.3, 0.4) is 0 Å². The van der Waals surface area contributed by atoms with E-state index in [-0.39, 0.29) is 10.8 Å². The van der Waals surface area contributed by atoms with Crippen LogP contribution in [0.1, 0.15) is 11.6 Å². The smallest absolute Gasteiger partial charge is 0.275 e. The average molecular weight is 383 g/mol. The zero-order chi connectivity index (χ0) is 19.4. The minimum atomic E-state index is -4.11. The van der Waals surface area contributed by atoms with E-state index in [4.69, 9.17) is 0 Å². The van der Waals surface area contributed by atoms with Gasteiger partial charge in [0.2, 0.25) is 5.95 Å². The minimum Gasteiger partial charge on any atom is -0.275 e. The molecule has 138 valence electrons. The number of benzene rings is 2. The lowest BCUT2D eigenvalue weighted by molar-refractivity contribution is 0.256. The number of hydrogen-bond acceptors (Lipinski definition) is 6. The van der Waals surface area contributed by atoms with E-state index < -0.39 is 16.1 Å². The number of amides is 2. The summed E-state index contributed by atoms with van der Waals surface area (Å²) in [4.78, 5) is 24.1. The van der Waals surface area contributed by atoms with Crippen LogP contribution in [-0.4, -0.2) is 29.4 Å². The molecule has 0 fully saturated rings. The van der Waals surface area contributed by atoms with Crippen molar-refractivity contribution in [1.29, 1.82) is 0 Å². The summed E-state index contributed by atoms with van der Waals surface area (Å²) in [5, 5.41) is 2.32. The number of carbonyl (C=O) groups excluding carboxylic acids is 1. The molecule has 1 aromatic heterocycles. The summed E-state index contributed by atoms with van der Waals surface area (Å²) in [5.74, 6) is 0.800. The molecular formula is C18H17N5O3S. The summed E-state index contributed by atoms with van der Waals surface area (Å²) in [7, 11) is -4.11. The minimum absolute atomic E-state index is 0.00522. The Morgan fingerprint density at radius 2 is 1.44 bits per heavy atom. The lowest BCUT2D eigenvalue weighted by Crippen LogP contribution is -2.35. The van der Waals surface area contributed by atoms with E-state index in [2.05, 4.69) is 20.3 Å². The molecule has 2 N–H and O–H groups in total. The SMILES string of the molecule is Cc1nc(C)nc(NC(=O)NS(=O)(=O)c2ccccc2-c2ccccc2)n1. The van der Waals surface area contributed by atoms with Crippen molar-refractivity contribution in [3.8, 4) is 11.1 Å². The Morgan fingerprint density at radius 1 is 0.852 bits per heavy atom. The zero-order valence-corrected chi connectivity index (χ0v) is 15.5. The van der Waals surface area contributed by atoms with Gasteiger partial charge < -0.3 is 0 Å². The van der Waals surface area contributed by atoms with Crippen LogP contribution in [0, 0.1) is 13.8 Å². The van der Waals surface area contributed by atoms with Crippen LogP contribution in [-0.2, 0) is 10.0 Å². The van der Waals surface area contributed by atoms with Gasteiger partial charge in [-0.15, -0.1) is 0 Å². The van der Waals surface area contributed by atoms with Crippen molar-refractivity contribution in [1.82, 2.24) is 19.7 Å². The van der Waals surface area contributed by atoms with Crippen molar-refractivity contribution in [2.45, 2.75) is 18.7 Å². The highest BCUT2D eigenvalue weighted by Crippen LogP contribution is 2.26. The van der Waals surface area contributed by atoms with Crippen molar-refractivity contribution >= 4 is 22.0 Å². The van der Waals surface area contributed by atoms with Crippen molar-refractivity contribution in [2.24, 2.45) is 0 Å². The molecule has 1 heterocycles. The number of nitrogens with zero attached hydrogens (tertiary/aromatic N) is 3. The molecule has 27 heavy (non-hydrogen) atoms. The number of aryl methyl sites for hydroxylation is 2. The molecule has 9 heteroatoms. The van der Waals surface area contributed by atoms with Gasteiger partial charge >= 0.3 is 6.03 Å². The van der Waals surface area contributed by atoms with Gasteiger partial charge in [0.1, 0.15) is 11.6 Å². The molecule has 0 aliphatic carbocycles. The number of urea groups is 1. The molecule has 0 radical (unpaired) electrons.